The molecule has 0 spiro atoms. The second-order valence-electron chi connectivity index (χ2n) is 3.40. The van der Waals surface area contributed by atoms with Gasteiger partial charge in [-0.2, -0.15) is 0 Å². The number of ether oxygens (including phenoxy) is 1. The van der Waals surface area contributed by atoms with Gasteiger partial charge in [0.2, 0.25) is 0 Å². The molecule has 1 rings (SSSR count). The van der Waals surface area contributed by atoms with Crippen LogP contribution in [-0.2, 0) is 4.74 Å². The third kappa shape index (κ3) is 1.92. The monoisotopic (exact) mass is 159 g/mol. The van der Waals surface area contributed by atoms with Crippen molar-refractivity contribution in [1.82, 2.24) is 0 Å². The Labute approximate surface area is 67.5 Å². The molecule has 11 heavy (non-hydrogen) atoms. The highest BCUT2D eigenvalue weighted by atomic mass is 16.5. The Bertz CT molecular complexity index is 121. The lowest BCUT2D eigenvalue weighted by Crippen LogP contribution is -2.47. The van der Waals surface area contributed by atoms with Crippen molar-refractivity contribution in [3.8, 4) is 0 Å². The maximum absolute atomic E-state index is 9.93. The molecule has 3 heteroatoms. The van der Waals surface area contributed by atoms with Crippen LogP contribution in [0.15, 0.2) is 0 Å². The van der Waals surface area contributed by atoms with Gasteiger partial charge in [0, 0.05) is 6.61 Å². The molecule has 0 radical (unpaired) electrons. The summed E-state index contributed by atoms with van der Waals surface area (Å²) in [6, 6.07) is 0. The van der Waals surface area contributed by atoms with Crippen LogP contribution >= 0.6 is 0 Å². The first kappa shape index (κ1) is 8.97. The summed E-state index contributed by atoms with van der Waals surface area (Å²) in [4.78, 5) is 0. The van der Waals surface area contributed by atoms with E-state index in [0.717, 1.165) is 19.4 Å². The lowest BCUT2D eigenvalue weighted by molar-refractivity contribution is -0.113. The minimum atomic E-state index is -0.660. The number of hydrogen-bond acceptors (Lipinski definition) is 3. The van der Waals surface area contributed by atoms with Crippen LogP contribution < -0.4 is 5.73 Å². The van der Waals surface area contributed by atoms with Crippen LogP contribution in [0.3, 0.4) is 0 Å². The Kier molecular flexibility index (Phi) is 2.87. The van der Waals surface area contributed by atoms with Crippen LogP contribution in [0.5, 0.6) is 0 Å². The summed E-state index contributed by atoms with van der Waals surface area (Å²) in [5, 5.41) is 9.93. The fraction of sp³-hybridized carbons (Fsp3) is 1.00. The Morgan fingerprint density at radius 3 is 2.91 bits per heavy atom. The smallest absolute Gasteiger partial charge is 0.0918 e. The van der Waals surface area contributed by atoms with E-state index in [9.17, 15) is 5.11 Å². The number of rotatable bonds is 2. The van der Waals surface area contributed by atoms with Crippen LogP contribution in [-0.4, -0.2) is 30.5 Å². The molecule has 0 amide bonds. The Morgan fingerprint density at radius 1 is 1.73 bits per heavy atom. The van der Waals surface area contributed by atoms with Gasteiger partial charge < -0.3 is 15.6 Å². The molecule has 1 aliphatic heterocycles. The lowest BCUT2D eigenvalue weighted by Gasteiger charge is -2.36. The van der Waals surface area contributed by atoms with Gasteiger partial charge in [-0.3, -0.25) is 0 Å². The first-order valence-electron chi connectivity index (χ1n) is 4.19. The van der Waals surface area contributed by atoms with Gasteiger partial charge in [0.15, 0.2) is 0 Å². The summed E-state index contributed by atoms with van der Waals surface area (Å²) in [5.74, 6) is 0.141. The van der Waals surface area contributed by atoms with E-state index in [1.54, 1.807) is 0 Å². The maximum atomic E-state index is 9.93. The SMILES string of the molecule is CC(CN)C1(O)CCCOC1. The van der Waals surface area contributed by atoms with Gasteiger partial charge in [-0.25, -0.2) is 0 Å². The molecule has 0 bridgehead atoms. The third-order valence-corrected chi connectivity index (χ3v) is 2.52. The highest BCUT2D eigenvalue weighted by Gasteiger charge is 2.34. The standard InChI is InChI=1S/C8H17NO2/c1-7(5-9)8(10)3-2-4-11-6-8/h7,10H,2-6,9H2,1H3. The molecule has 2 unspecified atom stereocenters. The lowest BCUT2D eigenvalue weighted by atomic mass is 9.84. The van der Waals surface area contributed by atoms with Gasteiger partial charge in [0.1, 0.15) is 0 Å². The molecule has 0 aliphatic carbocycles. The molecular weight excluding hydrogens is 142 g/mol. The van der Waals surface area contributed by atoms with E-state index in [0.29, 0.717) is 13.2 Å². The molecular formula is C8H17NO2. The third-order valence-electron chi connectivity index (χ3n) is 2.52. The van der Waals surface area contributed by atoms with E-state index in [1.165, 1.54) is 0 Å². The predicted octanol–water partition coefficient (Wildman–Crippen LogP) is 0.123. The van der Waals surface area contributed by atoms with E-state index in [1.807, 2.05) is 6.92 Å². The highest BCUT2D eigenvalue weighted by molar-refractivity contribution is 4.86. The van der Waals surface area contributed by atoms with Crippen LogP contribution in [0.2, 0.25) is 0 Å². The van der Waals surface area contributed by atoms with E-state index in [4.69, 9.17) is 10.5 Å². The van der Waals surface area contributed by atoms with Crippen LogP contribution in [0.1, 0.15) is 19.8 Å². The second kappa shape index (κ2) is 3.52. The van der Waals surface area contributed by atoms with E-state index in [2.05, 4.69) is 0 Å². The summed E-state index contributed by atoms with van der Waals surface area (Å²) in [6.45, 7) is 3.72. The second-order valence-corrected chi connectivity index (χ2v) is 3.40. The topological polar surface area (TPSA) is 55.5 Å². The van der Waals surface area contributed by atoms with Crippen LogP contribution in [0, 0.1) is 5.92 Å². The van der Waals surface area contributed by atoms with Crippen molar-refractivity contribution in [3.63, 3.8) is 0 Å². The van der Waals surface area contributed by atoms with Gasteiger partial charge >= 0.3 is 0 Å². The molecule has 0 saturated carbocycles. The number of aliphatic hydroxyl groups is 1. The molecule has 0 aromatic carbocycles. The molecule has 1 heterocycles. The first-order chi connectivity index (χ1) is 5.19. The molecule has 1 aliphatic rings. The molecule has 66 valence electrons. The van der Waals surface area contributed by atoms with Crippen molar-refractivity contribution in [1.29, 1.82) is 0 Å². The fourth-order valence-corrected chi connectivity index (χ4v) is 1.41. The fourth-order valence-electron chi connectivity index (χ4n) is 1.41. The van der Waals surface area contributed by atoms with E-state index < -0.39 is 5.60 Å². The van der Waals surface area contributed by atoms with Crippen molar-refractivity contribution in [2.45, 2.75) is 25.4 Å². The first-order valence-corrected chi connectivity index (χ1v) is 4.19. The molecule has 2 atom stereocenters. The summed E-state index contributed by atoms with van der Waals surface area (Å²) < 4.78 is 5.20. The summed E-state index contributed by atoms with van der Waals surface area (Å²) in [5.41, 5.74) is 4.81. The zero-order chi connectivity index (χ0) is 8.32. The average molecular weight is 159 g/mol. The summed E-state index contributed by atoms with van der Waals surface area (Å²) in [6.07, 6.45) is 1.77. The van der Waals surface area contributed by atoms with Crippen molar-refractivity contribution in [3.05, 3.63) is 0 Å². The van der Waals surface area contributed by atoms with Crippen LogP contribution in [0.25, 0.3) is 0 Å². The zero-order valence-electron chi connectivity index (χ0n) is 7.05. The molecule has 1 fully saturated rings. The molecule has 3 N–H and O–H groups in total. The average Bonchev–Trinajstić information content (AvgIpc) is 2.04. The molecule has 3 nitrogen and oxygen atoms in total. The van der Waals surface area contributed by atoms with E-state index in [-0.39, 0.29) is 5.92 Å². The highest BCUT2D eigenvalue weighted by Crippen LogP contribution is 2.26. The Morgan fingerprint density at radius 2 is 2.45 bits per heavy atom. The summed E-state index contributed by atoms with van der Waals surface area (Å²) in [7, 11) is 0. The number of nitrogens with two attached hydrogens (primary N) is 1. The van der Waals surface area contributed by atoms with Gasteiger partial charge in [-0.15, -0.1) is 0 Å². The van der Waals surface area contributed by atoms with Crippen LogP contribution in [0.4, 0.5) is 0 Å². The molecule has 0 aromatic heterocycles. The van der Waals surface area contributed by atoms with Gasteiger partial charge in [0.25, 0.3) is 0 Å². The van der Waals surface area contributed by atoms with Crippen molar-refractivity contribution in [2.24, 2.45) is 11.7 Å². The summed E-state index contributed by atoms with van der Waals surface area (Å²) >= 11 is 0. The zero-order valence-corrected chi connectivity index (χ0v) is 7.05. The predicted molar refractivity (Wildman–Crippen MR) is 43.2 cm³/mol. The minimum absolute atomic E-state index is 0.141. The Balaban J connectivity index is 2.49. The number of hydrogen-bond donors (Lipinski definition) is 2. The Hall–Kier alpha value is -0.120. The quantitative estimate of drug-likeness (QED) is 0.602. The van der Waals surface area contributed by atoms with Gasteiger partial charge in [-0.1, -0.05) is 6.92 Å². The normalized spacial score (nSPS) is 35.2. The minimum Gasteiger partial charge on any atom is -0.387 e. The van der Waals surface area contributed by atoms with Crippen molar-refractivity contribution in [2.75, 3.05) is 19.8 Å². The largest absolute Gasteiger partial charge is 0.387 e. The molecule has 0 aromatic rings. The van der Waals surface area contributed by atoms with Crippen molar-refractivity contribution >= 4 is 0 Å². The molecule has 1 saturated heterocycles. The maximum Gasteiger partial charge on any atom is 0.0918 e. The van der Waals surface area contributed by atoms with E-state index >= 15 is 0 Å². The van der Waals surface area contributed by atoms with Gasteiger partial charge in [-0.05, 0) is 25.3 Å². The van der Waals surface area contributed by atoms with Crippen molar-refractivity contribution < 1.29 is 9.84 Å². The van der Waals surface area contributed by atoms with Gasteiger partial charge in [0.05, 0.1) is 12.2 Å².